The summed E-state index contributed by atoms with van der Waals surface area (Å²) in [6.45, 7) is 8.21. The number of aryl methyl sites for hydroxylation is 1. The lowest BCUT2D eigenvalue weighted by atomic mass is 10.0. The van der Waals surface area contributed by atoms with E-state index in [4.69, 9.17) is 0 Å². The summed E-state index contributed by atoms with van der Waals surface area (Å²) in [5, 5.41) is 0. The van der Waals surface area contributed by atoms with Gasteiger partial charge in [0, 0.05) is 0 Å². The highest BCUT2D eigenvalue weighted by molar-refractivity contribution is 5.85. The SMILES string of the molecule is CCN(CC)CCCCCCCCc1ccccc1.Cl. The molecule has 1 aromatic rings. The van der Waals surface area contributed by atoms with Crippen molar-refractivity contribution in [1.29, 1.82) is 0 Å². The molecule has 20 heavy (non-hydrogen) atoms. The first-order valence-electron chi connectivity index (χ1n) is 8.13. The summed E-state index contributed by atoms with van der Waals surface area (Å²) in [7, 11) is 0. The lowest BCUT2D eigenvalue weighted by Gasteiger charge is -2.17. The molecule has 0 amide bonds. The normalized spacial score (nSPS) is 10.6. The topological polar surface area (TPSA) is 3.24 Å². The molecular formula is C18H32ClN. The zero-order chi connectivity index (χ0) is 13.8. The Morgan fingerprint density at radius 1 is 0.750 bits per heavy atom. The van der Waals surface area contributed by atoms with Gasteiger partial charge in [-0.1, -0.05) is 69.9 Å². The van der Waals surface area contributed by atoms with Crippen LogP contribution in [0.25, 0.3) is 0 Å². The number of unbranched alkanes of at least 4 members (excludes halogenated alkanes) is 5. The van der Waals surface area contributed by atoms with E-state index in [0.717, 1.165) is 0 Å². The summed E-state index contributed by atoms with van der Waals surface area (Å²) in [6.07, 6.45) is 9.59. The number of rotatable bonds is 11. The number of benzene rings is 1. The van der Waals surface area contributed by atoms with E-state index in [0.29, 0.717) is 0 Å². The monoisotopic (exact) mass is 297 g/mol. The fraction of sp³-hybridized carbons (Fsp3) is 0.667. The first-order valence-corrected chi connectivity index (χ1v) is 8.13. The molecule has 0 aliphatic heterocycles. The van der Waals surface area contributed by atoms with Crippen molar-refractivity contribution in [3.63, 3.8) is 0 Å². The van der Waals surface area contributed by atoms with Crippen LogP contribution >= 0.6 is 12.4 Å². The van der Waals surface area contributed by atoms with Crippen molar-refractivity contribution in [1.82, 2.24) is 4.90 Å². The van der Waals surface area contributed by atoms with Gasteiger partial charge in [0.1, 0.15) is 0 Å². The maximum absolute atomic E-state index is 2.52. The van der Waals surface area contributed by atoms with E-state index < -0.39 is 0 Å². The molecule has 0 aliphatic carbocycles. The second-order valence-electron chi connectivity index (χ2n) is 5.38. The predicted octanol–water partition coefficient (Wildman–Crippen LogP) is 5.33. The molecule has 0 N–H and O–H groups in total. The molecular weight excluding hydrogens is 266 g/mol. The summed E-state index contributed by atoms with van der Waals surface area (Å²) >= 11 is 0. The Morgan fingerprint density at radius 2 is 1.30 bits per heavy atom. The minimum absolute atomic E-state index is 0. The van der Waals surface area contributed by atoms with Crippen LogP contribution in [0.2, 0.25) is 0 Å². The van der Waals surface area contributed by atoms with Gasteiger partial charge in [0.15, 0.2) is 0 Å². The van der Waals surface area contributed by atoms with Gasteiger partial charge in [-0.05, 0) is 44.5 Å². The quantitative estimate of drug-likeness (QED) is 0.499. The van der Waals surface area contributed by atoms with Crippen LogP contribution in [0.4, 0.5) is 0 Å². The van der Waals surface area contributed by atoms with E-state index in [2.05, 4.69) is 49.1 Å². The molecule has 0 aliphatic rings. The molecule has 0 fully saturated rings. The Hall–Kier alpha value is -0.530. The fourth-order valence-corrected chi connectivity index (χ4v) is 2.56. The summed E-state index contributed by atoms with van der Waals surface area (Å²) in [4.78, 5) is 2.52. The fourth-order valence-electron chi connectivity index (χ4n) is 2.56. The Balaban J connectivity index is 0.00000361. The maximum atomic E-state index is 2.52. The van der Waals surface area contributed by atoms with E-state index in [-0.39, 0.29) is 12.4 Å². The molecule has 1 nitrogen and oxygen atoms in total. The molecule has 0 saturated heterocycles. The smallest absolute Gasteiger partial charge is 0.00190 e. The Morgan fingerprint density at radius 3 is 1.90 bits per heavy atom. The van der Waals surface area contributed by atoms with Crippen molar-refractivity contribution in [2.75, 3.05) is 19.6 Å². The number of hydrogen-bond acceptors (Lipinski definition) is 1. The van der Waals surface area contributed by atoms with Gasteiger partial charge < -0.3 is 4.90 Å². The first kappa shape index (κ1) is 19.5. The van der Waals surface area contributed by atoms with Gasteiger partial charge in [-0.3, -0.25) is 0 Å². The molecule has 0 spiro atoms. The van der Waals surface area contributed by atoms with Crippen molar-refractivity contribution in [3.8, 4) is 0 Å². The third kappa shape index (κ3) is 9.39. The van der Waals surface area contributed by atoms with Crippen molar-refractivity contribution < 1.29 is 0 Å². The molecule has 0 radical (unpaired) electrons. The van der Waals surface area contributed by atoms with Gasteiger partial charge in [-0.25, -0.2) is 0 Å². The molecule has 0 saturated carbocycles. The molecule has 0 bridgehead atoms. The van der Waals surface area contributed by atoms with Gasteiger partial charge in [0.25, 0.3) is 0 Å². The van der Waals surface area contributed by atoms with Crippen LogP contribution < -0.4 is 0 Å². The molecule has 116 valence electrons. The molecule has 1 rings (SSSR count). The standard InChI is InChI=1S/C18H31N.ClH/c1-3-19(4-2)17-13-8-6-5-7-10-14-18-15-11-9-12-16-18;/h9,11-12,15-16H,3-8,10,13-14,17H2,1-2H3;1H. The number of hydrogen-bond donors (Lipinski definition) is 0. The first-order chi connectivity index (χ1) is 9.36. The predicted molar refractivity (Wildman–Crippen MR) is 92.9 cm³/mol. The van der Waals surface area contributed by atoms with E-state index in [1.165, 1.54) is 70.1 Å². The molecule has 0 atom stereocenters. The van der Waals surface area contributed by atoms with Crippen molar-refractivity contribution >= 4 is 12.4 Å². The van der Waals surface area contributed by atoms with Crippen molar-refractivity contribution in [2.24, 2.45) is 0 Å². The highest BCUT2D eigenvalue weighted by atomic mass is 35.5. The second kappa shape index (κ2) is 13.5. The zero-order valence-corrected chi connectivity index (χ0v) is 14.1. The van der Waals surface area contributed by atoms with Crippen LogP contribution in [0.15, 0.2) is 30.3 Å². The van der Waals surface area contributed by atoms with Crippen molar-refractivity contribution in [3.05, 3.63) is 35.9 Å². The summed E-state index contributed by atoms with van der Waals surface area (Å²) < 4.78 is 0. The van der Waals surface area contributed by atoms with Gasteiger partial charge in [-0.2, -0.15) is 0 Å². The van der Waals surface area contributed by atoms with Crippen LogP contribution in [0.1, 0.15) is 57.9 Å². The maximum Gasteiger partial charge on any atom is -0.00190 e. The third-order valence-electron chi connectivity index (χ3n) is 3.93. The van der Waals surface area contributed by atoms with E-state index in [9.17, 15) is 0 Å². The molecule has 2 heteroatoms. The largest absolute Gasteiger partial charge is 0.304 e. The zero-order valence-electron chi connectivity index (χ0n) is 13.3. The Kier molecular flexibility index (Phi) is 13.1. The average molecular weight is 298 g/mol. The van der Waals surface area contributed by atoms with E-state index in [1.807, 2.05) is 0 Å². The Labute approximate surface area is 132 Å². The summed E-state index contributed by atoms with van der Waals surface area (Å²) in [5.74, 6) is 0. The summed E-state index contributed by atoms with van der Waals surface area (Å²) in [5.41, 5.74) is 1.49. The van der Waals surface area contributed by atoms with Crippen LogP contribution in [0.3, 0.4) is 0 Å². The molecule has 1 aromatic carbocycles. The van der Waals surface area contributed by atoms with Crippen LogP contribution in [-0.4, -0.2) is 24.5 Å². The van der Waals surface area contributed by atoms with Crippen molar-refractivity contribution in [2.45, 2.75) is 58.8 Å². The van der Waals surface area contributed by atoms with E-state index >= 15 is 0 Å². The average Bonchev–Trinajstić information content (AvgIpc) is 2.47. The number of halogens is 1. The second-order valence-corrected chi connectivity index (χ2v) is 5.38. The molecule has 0 unspecified atom stereocenters. The lowest BCUT2D eigenvalue weighted by molar-refractivity contribution is 0.295. The van der Waals surface area contributed by atoms with Crippen LogP contribution in [-0.2, 0) is 6.42 Å². The lowest BCUT2D eigenvalue weighted by Crippen LogP contribution is -2.23. The molecule has 0 heterocycles. The van der Waals surface area contributed by atoms with Crippen LogP contribution in [0, 0.1) is 0 Å². The van der Waals surface area contributed by atoms with Gasteiger partial charge in [0.2, 0.25) is 0 Å². The molecule has 0 aromatic heterocycles. The van der Waals surface area contributed by atoms with Gasteiger partial charge >= 0.3 is 0 Å². The van der Waals surface area contributed by atoms with Gasteiger partial charge in [-0.15, -0.1) is 12.4 Å². The number of nitrogens with zero attached hydrogens (tertiary/aromatic N) is 1. The third-order valence-corrected chi connectivity index (χ3v) is 3.93. The minimum Gasteiger partial charge on any atom is -0.304 e. The Bertz CT molecular complexity index is 296. The minimum atomic E-state index is 0. The van der Waals surface area contributed by atoms with E-state index in [1.54, 1.807) is 0 Å². The van der Waals surface area contributed by atoms with Crippen LogP contribution in [0.5, 0.6) is 0 Å². The highest BCUT2D eigenvalue weighted by Crippen LogP contribution is 2.10. The highest BCUT2D eigenvalue weighted by Gasteiger charge is 1.98. The van der Waals surface area contributed by atoms with Gasteiger partial charge in [0.05, 0.1) is 0 Å². The summed E-state index contributed by atoms with van der Waals surface area (Å²) in [6, 6.07) is 10.9.